The summed E-state index contributed by atoms with van der Waals surface area (Å²) in [5.41, 5.74) is 0.323. The van der Waals surface area contributed by atoms with Gasteiger partial charge in [0.1, 0.15) is 0 Å². The molecule has 2 rings (SSSR count). The van der Waals surface area contributed by atoms with Crippen LogP contribution in [0.15, 0.2) is 35.7 Å². The van der Waals surface area contributed by atoms with Crippen molar-refractivity contribution in [2.45, 2.75) is 6.92 Å². The summed E-state index contributed by atoms with van der Waals surface area (Å²) in [6.07, 6.45) is 2.50. The quantitative estimate of drug-likeness (QED) is 0.372. The molecule has 0 saturated heterocycles. The highest BCUT2D eigenvalue weighted by Gasteiger charge is 2.13. The van der Waals surface area contributed by atoms with Crippen LogP contribution in [-0.4, -0.2) is 28.4 Å². The van der Waals surface area contributed by atoms with E-state index in [-0.39, 0.29) is 23.1 Å². The zero-order valence-electron chi connectivity index (χ0n) is 12.6. The first-order valence-corrected chi connectivity index (χ1v) is 7.74. The number of anilines is 1. The number of hydrogen-bond donors (Lipinski definition) is 1. The van der Waals surface area contributed by atoms with Gasteiger partial charge in [-0.15, -0.1) is 11.3 Å². The lowest BCUT2D eigenvalue weighted by molar-refractivity contribution is -0.385. The molecular formula is C15H13N3O5S. The van der Waals surface area contributed by atoms with Crippen molar-refractivity contribution in [2.24, 2.45) is 0 Å². The van der Waals surface area contributed by atoms with E-state index in [2.05, 4.69) is 10.3 Å². The van der Waals surface area contributed by atoms with E-state index < -0.39 is 16.8 Å². The summed E-state index contributed by atoms with van der Waals surface area (Å²) in [4.78, 5) is 37.7. The van der Waals surface area contributed by atoms with E-state index in [9.17, 15) is 19.7 Å². The van der Waals surface area contributed by atoms with E-state index in [0.717, 1.165) is 17.4 Å². The number of hydrogen-bond acceptors (Lipinski definition) is 7. The molecule has 1 aromatic heterocycles. The highest BCUT2D eigenvalue weighted by molar-refractivity contribution is 7.14. The molecule has 0 aliphatic rings. The Morgan fingerprint density at radius 3 is 2.88 bits per heavy atom. The number of ether oxygens (including phenoxy) is 1. The summed E-state index contributed by atoms with van der Waals surface area (Å²) in [7, 11) is 0. The van der Waals surface area contributed by atoms with Crippen LogP contribution in [-0.2, 0) is 9.53 Å². The molecule has 0 atom stereocenters. The average Bonchev–Trinajstić information content (AvgIpc) is 3.02. The molecular weight excluding hydrogens is 334 g/mol. The second kappa shape index (κ2) is 7.97. The van der Waals surface area contributed by atoms with E-state index in [1.165, 1.54) is 23.6 Å². The van der Waals surface area contributed by atoms with Crippen molar-refractivity contribution < 1.29 is 19.2 Å². The summed E-state index contributed by atoms with van der Waals surface area (Å²) in [5.74, 6) is -1.08. The number of nitrogens with one attached hydrogen (secondary N) is 1. The predicted octanol–water partition coefficient (Wildman–Crippen LogP) is 2.88. The summed E-state index contributed by atoms with van der Waals surface area (Å²) >= 11 is 1.08. The summed E-state index contributed by atoms with van der Waals surface area (Å²) in [6, 6.07) is 6.06. The predicted molar refractivity (Wildman–Crippen MR) is 88.8 cm³/mol. The molecule has 0 fully saturated rings. The minimum Gasteiger partial charge on any atom is -0.461 e. The van der Waals surface area contributed by atoms with Crippen LogP contribution < -0.4 is 5.32 Å². The van der Waals surface area contributed by atoms with Crippen molar-refractivity contribution >= 4 is 40.1 Å². The van der Waals surface area contributed by atoms with Crippen molar-refractivity contribution in [1.82, 2.24) is 4.98 Å². The van der Waals surface area contributed by atoms with Gasteiger partial charge in [-0.2, -0.15) is 0 Å². The number of nitro benzene ring substituents is 1. The molecule has 1 heterocycles. The number of amides is 1. The van der Waals surface area contributed by atoms with Gasteiger partial charge in [-0.25, -0.2) is 9.78 Å². The molecule has 1 aromatic carbocycles. The largest absolute Gasteiger partial charge is 0.461 e. The van der Waals surface area contributed by atoms with Crippen LogP contribution in [0.2, 0.25) is 0 Å². The van der Waals surface area contributed by atoms with Gasteiger partial charge < -0.3 is 4.74 Å². The summed E-state index contributed by atoms with van der Waals surface area (Å²) in [5, 5.41) is 15.1. The monoisotopic (exact) mass is 347 g/mol. The van der Waals surface area contributed by atoms with Gasteiger partial charge in [0.05, 0.1) is 17.1 Å². The van der Waals surface area contributed by atoms with Gasteiger partial charge in [-0.05, 0) is 19.1 Å². The Balaban J connectivity index is 2.04. The fraction of sp³-hybridized carbons (Fsp3) is 0.133. The van der Waals surface area contributed by atoms with Crippen LogP contribution in [0.4, 0.5) is 10.8 Å². The second-order valence-corrected chi connectivity index (χ2v) is 5.25. The van der Waals surface area contributed by atoms with Crippen molar-refractivity contribution in [1.29, 1.82) is 0 Å². The number of esters is 1. The highest BCUT2D eigenvalue weighted by atomic mass is 32.1. The standard InChI is InChI=1S/C15H13N3O5S/c1-2-23-14(20)11-9-24-15(16-11)17-13(19)8-7-10-5-3-4-6-12(10)18(21)22/h3-9H,2H2,1H3,(H,16,17,19). The van der Waals surface area contributed by atoms with E-state index >= 15 is 0 Å². The van der Waals surface area contributed by atoms with E-state index in [1.807, 2.05) is 0 Å². The van der Waals surface area contributed by atoms with Gasteiger partial charge in [0, 0.05) is 17.5 Å². The van der Waals surface area contributed by atoms with Crippen molar-refractivity contribution in [3.05, 3.63) is 57.1 Å². The molecule has 2 aromatic rings. The number of nitro groups is 1. The molecule has 0 spiro atoms. The van der Waals surface area contributed by atoms with Gasteiger partial charge in [-0.3, -0.25) is 20.2 Å². The SMILES string of the molecule is CCOC(=O)c1csc(NC(=O)C=Cc2ccccc2[N+](=O)[O-])n1. The molecule has 9 heteroatoms. The van der Waals surface area contributed by atoms with Crippen LogP contribution >= 0.6 is 11.3 Å². The van der Waals surface area contributed by atoms with Crippen LogP contribution in [0, 0.1) is 10.1 Å². The Labute approximate surface area is 140 Å². The summed E-state index contributed by atoms with van der Waals surface area (Å²) < 4.78 is 4.80. The number of thiazole rings is 1. The highest BCUT2D eigenvalue weighted by Crippen LogP contribution is 2.19. The molecule has 24 heavy (non-hydrogen) atoms. The summed E-state index contributed by atoms with van der Waals surface area (Å²) in [6.45, 7) is 1.91. The third-order valence-electron chi connectivity index (χ3n) is 2.77. The third-order valence-corrected chi connectivity index (χ3v) is 3.52. The van der Waals surface area contributed by atoms with Crippen LogP contribution in [0.5, 0.6) is 0 Å². The maximum Gasteiger partial charge on any atom is 0.357 e. The van der Waals surface area contributed by atoms with E-state index in [1.54, 1.807) is 19.1 Å². The number of benzene rings is 1. The van der Waals surface area contributed by atoms with Crippen molar-refractivity contribution in [3.8, 4) is 0 Å². The molecule has 124 valence electrons. The molecule has 0 saturated carbocycles. The first kappa shape index (κ1) is 17.3. The first-order valence-electron chi connectivity index (χ1n) is 6.86. The zero-order valence-corrected chi connectivity index (χ0v) is 13.4. The van der Waals surface area contributed by atoms with Gasteiger partial charge >= 0.3 is 5.97 Å². The molecule has 0 radical (unpaired) electrons. The van der Waals surface area contributed by atoms with Crippen molar-refractivity contribution in [2.75, 3.05) is 11.9 Å². The van der Waals surface area contributed by atoms with Crippen molar-refractivity contribution in [3.63, 3.8) is 0 Å². The molecule has 0 bridgehead atoms. The molecule has 1 N–H and O–H groups in total. The minimum absolute atomic E-state index is 0.0969. The molecule has 0 aliphatic carbocycles. The van der Waals surface area contributed by atoms with E-state index in [0.29, 0.717) is 5.56 Å². The third kappa shape index (κ3) is 4.46. The Morgan fingerprint density at radius 2 is 2.17 bits per heavy atom. The normalized spacial score (nSPS) is 10.5. The zero-order chi connectivity index (χ0) is 17.5. The molecule has 0 aliphatic heterocycles. The van der Waals surface area contributed by atoms with Gasteiger partial charge in [-0.1, -0.05) is 12.1 Å². The lowest BCUT2D eigenvalue weighted by Gasteiger charge is -1.98. The maximum absolute atomic E-state index is 11.9. The lowest BCUT2D eigenvalue weighted by Crippen LogP contribution is -2.09. The van der Waals surface area contributed by atoms with Gasteiger partial charge in [0.25, 0.3) is 5.69 Å². The number of carbonyl (C=O) groups excluding carboxylic acids is 2. The first-order chi connectivity index (χ1) is 11.5. The number of rotatable bonds is 6. The maximum atomic E-state index is 11.9. The Hall–Kier alpha value is -3.07. The second-order valence-electron chi connectivity index (χ2n) is 4.40. The molecule has 8 nitrogen and oxygen atoms in total. The average molecular weight is 347 g/mol. The Kier molecular flexibility index (Phi) is 5.74. The van der Waals surface area contributed by atoms with Crippen LogP contribution in [0.25, 0.3) is 6.08 Å². The smallest absolute Gasteiger partial charge is 0.357 e. The number of nitrogens with zero attached hydrogens (tertiary/aromatic N) is 2. The number of aromatic nitrogens is 1. The fourth-order valence-electron chi connectivity index (χ4n) is 1.74. The van der Waals surface area contributed by atoms with E-state index in [4.69, 9.17) is 4.74 Å². The topological polar surface area (TPSA) is 111 Å². The Morgan fingerprint density at radius 1 is 1.42 bits per heavy atom. The number of carbonyl (C=O) groups is 2. The Bertz CT molecular complexity index is 800. The minimum atomic E-state index is -0.565. The lowest BCUT2D eigenvalue weighted by atomic mass is 10.1. The van der Waals surface area contributed by atoms with Crippen LogP contribution in [0.3, 0.4) is 0 Å². The van der Waals surface area contributed by atoms with Gasteiger partial charge in [0.2, 0.25) is 5.91 Å². The number of para-hydroxylation sites is 1. The molecule has 0 unspecified atom stereocenters. The fourth-order valence-corrected chi connectivity index (χ4v) is 2.42. The molecule has 1 amide bonds. The van der Waals surface area contributed by atoms with Crippen LogP contribution in [0.1, 0.15) is 23.0 Å². The van der Waals surface area contributed by atoms with Gasteiger partial charge in [0.15, 0.2) is 10.8 Å².